The van der Waals surface area contributed by atoms with Crippen LogP contribution in [0, 0.1) is 0 Å². The van der Waals surface area contributed by atoms with Crippen LogP contribution in [0.15, 0.2) is 0 Å². The van der Waals surface area contributed by atoms with Gasteiger partial charge in [-0.05, 0) is 62.3 Å². The van der Waals surface area contributed by atoms with Crippen molar-refractivity contribution < 1.29 is 42.8 Å². The molecule has 0 saturated carbocycles. The molecule has 1 aliphatic rings. The molecule has 12 heteroatoms. The van der Waals surface area contributed by atoms with Gasteiger partial charge in [-0.2, -0.15) is 0 Å². The first-order valence-corrected chi connectivity index (χ1v) is 7.73. The summed E-state index contributed by atoms with van der Waals surface area (Å²) in [6.07, 6.45) is 0. The largest absolute Gasteiger partial charge is 0.644 e. The van der Waals surface area contributed by atoms with Crippen LogP contribution < -0.4 is 0 Å². The Morgan fingerprint density at radius 1 is 0.458 bits per heavy atom. The molecule has 0 spiro atoms. The molecule has 1 aliphatic heterocycles. The molecular weight excluding hydrogens is 321 g/mol. The van der Waals surface area contributed by atoms with Gasteiger partial charge in [0, 0.05) is 0 Å². The van der Waals surface area contributed by atoms with Crippen LogP contribution in [0.1, 0.15) is 62.3 Å². The van der Waals surface area contributed by atoms with Crippen LogP contribution in [0.5, 0.6) is 0 Å². The van der Waals surface area contributed by atoms with Gasteiger partial charge in [-0.1, -0.05) is 0 Å². The number of hydrogen-bond donors (Lipinski definition) is 0. The standard InChI is InChI=1S/C12H27B3O9/c1-10(2,3)16-22-13-19-14(23-17-11(4,5)6)21-15(20-13)24-18-12(7,8)9/h1-9H3. The SMILES string of the molecule is CC(C)(C)OOB1OB(OOC(C)(C)C)OB(OOC(C)(C)C)O1. The van der Waals surface area contributed by atoms with E-state index in [2.05, 4.69) is 0 Å². The lowest BCUT2D eigenvalue weighted by molar-refractivity contribution is -0.324. The van der Waals surface area contributed by atoms with Crippen molar-refractivity contribution in [2.45, 2.75) is 79.1 Å². The summed E-state index contributed by atoms with van der Waals surface area (Å²) in [5.74, 6) is 0. The van der Waals surface area contributed by atoms with Crippen molar-refractivity contribution in [3.8, 4) is 0 Å². The third-order valence-electron chi connectivity index (χ3n) is 1.80. The van der Waals surface area contributed by atoms with Gasteiger partial charge in [0.1, 0.15) is 0 Å². The number of rotatable bonds is 6. The summed E-state index contributed by atoms with van der Waals surface area (Å²) in [5.41, 5.74) is -1.70. The van der Waals surface area contributed by atoms with Crippen LogP contribution in [0.25, 0.3) is 0 Å². The predicted molar refractivity (Wildman–Crippen MR) is 86.3 cm³/mol. The molecule has 0 aliphatic carbocycles. The van der Waals surface area contributed by atoms with E-state index in [4.69, 9.17) is 42.8 Å². The maximum atomic E-state index is 5.26. The second kappa shape index (κ2) is 8.48. The summed E-state index contributed by atoms with van der Waals surface area (Å²) >= 11 is 0. The highest BCUT2D eigenvalue weighted by molar-refractivity contribution is 6.66. The van der Waals surface area contributed by atoms with Crippen molar-refractivity contribution in [2.24, 2.45) is 0 Å². The number of hydrogen-bond acceptors (Lipinski definition) is 9. The minimum Gasteiger partial charge on any atom is -0.397 e. The van der Waals surface area contributed by atoms with E-state index in [9.17, 15) is 0 Å². The second-order valence-corrected chi connectivity index (χ2v) is 8.15. The Labute approximate surface area is 144 Å². The summed E-state index contributed by atoms with van der Waals surface area (Å²) in [6, 6.07) is 0. The van der Waals surface area contributed by atoms with Gasteiger partial charge >= 0.3 is 22.0 Å². The average molecular weight is 348 g/mol. The molecule has 1 heterocycles. The van der Waals surface area contributed by atoms with E-state index in [1.165, 1.54) is 0 Å². The van der Waals surface area contributed by atoms with E-state index in [1.54, 1.807) is 62.3 Å². The molecule has 24 heavy (non-hydrogen) atoms. The first kappa shape index (κ1) is 21.9. The normalized spacial score (nSPS) is 17.6. The zero-order valence-corrected chi connectivity index (χ0v) is 15.9. The van der Waals surface area contributed by atoms with E-state index in [1.807, 2.05) is 0 Å². The molecule has 138 valence electrons. The van der Waals surface area contributed by atoms with E-state index >= 15 is 0 Å². The lowest BCUT2D eigenvalue weighted by Crippen LogP contribution is -2.54. The molecular formula is C12H27B3O9. The fourth-order valence-electron chi connectivity index (χ4n) is 1.06. The highest BCUT2D eigenvalue weighted by Gasteiger charge is 2.50. The Kier molecular flexibility index (Phi) is 7.73. The molecule has 1 rings (SSSR count). The predicted octanol–water partition coefficient (Wildman–Crippen LogP) is 2.24. The summed E-state index contributed by atoms with van der Waals surface area (Å²) in [4.78, 5) is 30.7. The van der Waals surface area contributed by atoms with Crippen molar-refractivity contribution >= 4 is 22.0 Å². The van der Waals surface area contributed by atoms with Gasteiger partial charge in [-0.15, -0.1) is 0 Å². The van der Waals surface area contributed by atoms with Crippen LogP contribution in [-0.4, -0.2) is 38.8 Å². The van der Waals surface area contributed by atoms with E-state index in [-0.39, 0.29) is 0 Å². The van der Waals surface area contributed by atoms with Crippen molar-refractivity contribution in [3.05, 3.63) is 0 Å². The van der Waals surface area contributed by atoms with Crippen molar-refractivity contribution in [3.63, 3.8) is 0 Å². The molecule has 1 fully saturated rings. The molecule has 1 saturated heterocycles. The Bertz CT molecular complexity index is 314. The third-order valence-corrected chi connectivity index (χ3v) is 1.80. The molecule has 0 aromatic carbocycles. The Hall–Kier alpha value is -0.165. The van der Waals surface area contributed by atoms with E-state index in [0.717, 1.165) is 0 Å². The lowest BCUT2D eigenvalue weighted by Gasteiger charge is -2.30. The molecule has 0 atom stereocenters. The molecule has 0 bridgehead atoms. The van der Waals surface area contributed by atoms with Crippen LogP contribution in [0.3, 0.4) is 0 Å². The van der Waals surface area contributed by atoms with Gasteiger partial charge in [0.15, 0.2) is 0 Å². The van der Waals surface area contributed by atoms with Gasteiger partial charge in [0.25, 0.3) is 0 Å². The minimum atomic E-state index is -1.26. The summed E-state index contributed by atoms with van der Waals surface area (Å²) in [6.45, 7) is 16.2. The van der Waals surface area contributed by atoms with Crippen molar-refractivity contribution in [1.29, 1.82) is 0 Å². The first-order chi connectivity index (χ1) is 10.7. The van der Waals surface area contributed by atoms with Crippen LogP contribution >= 0.6 is 0 Å². The zero-order valence-electron chi connectivity index (χ0n) is 15.9. The highest BCUT2D eigenvalue weighted by atomic mass is 17.3. The highest BCUT2D eigenvalue weighted by Crippen LogP contribution is 2.18. The smallest absolute Gasteiger partial charge is 0.397 e. The van der Waals surface area contributed by atoms with Crippen LogP contribution in [-0.2, 0) is 42.8 Å². The Balaban J connectivity index is 2.60. The van der Waals surface area contributed by atoms with Gasteiger partial charge in [0.05, 0.1) is 16.8 Å². The molecule has 0 aromatic heterocycles. The maximum absolute atomic E-state index is 5.26. The molecule has 0 radical (unpaired) electrons. The molecule has 0 amide bonds. The van der Waals surface area contributed by atoms with Crippen LogP contribution in [0.4, 0.5) is 0 Å². The molecule has 9 nitrogen and oxygen atoms in total. The van der Waals surface area contributed by atoms with Gasteiger partial charge in [-0.3, -0.25) is 0 Å². The Morgan fingerprint density at radius 3 is 0.833 bits per heavy atom. The van der Waals surface area contributed by atoms with Gasteiger partial charge in [-0.25, -0.2) is 29.1 Å². The van der Waals surface area contributed by atoms with Crippen LogP contribution in [0.2, 0.25) is 0 Å². The zero-order chi connectivity index (χ0) is 18.6. The minimum absolute atomic E-state index is 0.568. The third kappa shape index (κ3) is 10.6. The second-order valence-electron chi connectivity index (χ2n) is 8.15. The summed E-state index contributed by atoms with van der Waals surface area (Å²) < 4.78 is 15.8. The quantitative estimate of drug-likeness (QED) is 0.408. The van der Waals surface area contributed by atoms with E-state index in [0.29, 0.717) is 0 Å². The molecule has 0 unspecified atom stereocenters. The summed E-state index contributed by atoms with van der Waals surface area (Å²) in [7, 11) is -3.79. The maximum Gasteiger partial charge on any atom is 0.644 e. The molecule has 0 N–H and O–H groups in total. The fraction of sp³-hybridized carbons (Fsp3) is 1.00. The summed E-state index contributed by atoms with van der Waals surface area (Å²) in [5, 5.41) is 0. The lowest BCUT2D eigenvalue weighted by atomic mass is 9.98. The first-order valence-electron chi connectivity index (χ1n) is 7.73. The van der Waals surface area contributed by atoms with Crippen molar-refractivity contribution in [1.82, 2.24) is 0 Å². The fourth-order valence-corrected chi connectivity index (χ4v) is 1.06. The van der Waals surface area contributed by atoms with Crippen molar-refractivity contribution in [2.75, 3.05) is 0 Å². The Morgan fingerprint density at radius 2 is 0.667 bits per heavy atom. The van der Waals surface area contributed by atoms with Gasteiger partial charge < -0.3 is 13.7 Å². The monoisotopic (exact) mass is 348 g/mol. The average Bonchev–Trinajstić information content (AvgIpc) is 2.38. The molecule has 0 aromatic rings. The van der Waals surface area contributed by atoms with E-state index < -0.39 is 38.8 Å². The topological polar surface area (TPSA) is 83.1 Å². The van der Waals surface area contributed by atoms with Gasteiger partial charge in [0.2, 0.25) is 0 Å².